The molecular weight excluding hydrogens is 834 g/mol. The molecule has 0 saturated carbocycles. The number of carbonyl (C=O) groups excluding carboxylic acids is 4. The molecule has 0 bridgehead atoms. The molecule has 366 valence electrons. The zero-order valence-corrected chi connectivity index (χ0v) is 44.8. The largest absolute Gasteiger partial charge is 1.00 e. The predicted octanol–water partition coefficient (Wildman–Crippen LogP) is 10.6. The molecular formula is C51H102BrNO8. The van der Waals surface area contributed by atoms with Crippen LogP contribution in [0.1, 0.15) is 232 Å². The molecule has 0 aliphatic carbocycles. The molecule has 61 heavy (non-hydrogen) atoms. The third kappa shape index (κ3) is 32.6. The second-order valence-corrected chi connectivity index (χ2v) is 19.6. The van der Waals surface area contributed by atoms with Crippen molar-refractivity contribution in [2.45, 2.75) is 232 Å². The monoisotopic (exact) mass is 936 g/mol. The van der Waals surface area contributed by atoms with Crippen LogP contribution in [0.2, 0.25) is 0 Å². The van der Waals surface area contributed by atoms with Crippen molar-refractivity contribution in [3.8, 4) is 0 Å². The van der Waals surface area contributed by atoms with Gasteiger partial charge >= 0.3 is 23.9 Å². The lowest BCUT2D eigenvalue weighted by molar-refractivity contribution is -0.925. The van der Waals surface area contributed by atoms with Gasteiger partial charge in [0, 0.05) is 0 Å². The van der Waals surface area contributed by atoms with Crippen molar-refractivity contribution >= 4 is 23.9 Å². The number of esters is 4. The molecule has 0 rings (SSSR count). The van der Waals surface area contributed by atoms with Crippen LogP contribution in [0.3, 0.4) is 0 Å². The molecule has 10 heteroatoms. The van der Waals surface area contributed by atoms with E-state index in [-0.39, 0.29) is 64.9 Å². The van der Waals surface area contributed by atoms with E-state index in [0.29, 0.717) is 19.4 Å². The van der Waals surface area contributed by atoms with Crippen molar-refractivity contribution in [3.63, 3.8) is 0 Å². The number of quaternary nitrogens is 1. The third-order valence-corrected chi connectivity index (χ3v) is 13.1. The maximum Gasteiger partial charge on any atom is 0.311 e. The van der Waals surface area contributed by atoms with Gasteiger partial charge in [0.05, 0.1) is 48.4 Å². The van der Waals surface area contributed by atoms with E-state index in [4.69, 9.17) is 14.2 Å². The number of nitrogens with zero attached hydrogens (tertiary/aromatic N) is 1. The van der Waals surface area contributed by atoms with Gasteiger partial charge in [0.2, 0.25) is 0 Å². The van der Waals surface area contributed by atoms with E-state index in [1.165, 1.54) is 116 Å². The Kier molecular flexibility index (Phi) is 40.7. The SMILES string of the molecule is CCC(C)(C)C(=O)OC.CCC(C)(C)C(=O)OCCOC(=O)C(C)(C)CC.CCCCCCCCCCCCCCCCCC[N+](CC)(CC)CCOC(=O)C(C)(C)CC.[Br-]. The normalized spacial score (nSPS) is 11.9. The smallest absolute Gasteiger partial charge is 0.311 e. The minimum Gasteiger partial charge on any atom is -1.00 e. The van der Waals surface area contributed by atoms with Gasteiger partial charge in [0.1, 0.15) is 26.4 Å². The maximum absolute atomic E-state index is 12.2. The second kappa shape index (κ2) is 37.7. The van der Waals surface area contributed by atoms with Gasteiger partial charge in [-0.3, -0.25) is 19.2 Å². The molecule has 0 aromatic heterocycles. The average molecular weight is 937 g/mol. The van der Waals surface area contributed by atoms with Gasteiger partial charge < -0.3 is 40.4 Å². The molecule has 0 saturated heterocycles. The van der Waals surface area contributed by atoms with Gasteiger partial charge in [0.15, 0.2) is 0 Å². The highest BCUT2D eigenvalue weighted by atomic mass is 79.9. The van der Waals surface area contributed by atoms with E-state index in [9.17, 15) is 19.2 Å². The molecule has 0 aromatic rings. The van der Waals surface area contributed by atoms with Gasteiger partial charge in [0.25, 0.3) is 0 Å². The van der Waals surface area contributed by atoms with Crippen molar-refractivity contribution in [2.24, 2.45) is 21.7 Å². The van der Waals surface area contributed by atoms with Crippen molar-refractivity contribution in [3.05, 3.63) is 0 Å². The molecule has 0 atom stereocenters. The standard InChI is InChI=1S/C30H62NO2.C14H26O4.C7H14O2.BrH/c1-7-11-12-13-14-15-16-17-18-19-20-21-22-23-24-25-26-31(9-3,10-4)27-28-33-29(32)30(5,6)8-2;1-7-13(3,4)11(15)17-9-10-18-12(16)14(5,6)8-2;1-5-7(2,3)6(8)9-4;/h7-28H2,1-6H3;7-10H2,1-6H3;5H2,1-4H3;1H/q+1;;;/p-1. The van der Waals surface area contributed by atoms with Crippen molar-refractivity contribution in [1.29, 1.82) is 0 Å². The number of likely N-dealkylation sites (N-methyl/N-ethyl adjacent to an activating group) is 1. The second-order valence-electron chi connectivity index (χ2n) is 19.6. The number of unbranched alkanes of at least 4 members (excludes halogenated alkanes) is 15. The Hall–Kier alpha value is -1.68. The van der Waals surface area contributed by atoms with Gasteiger partial charge in [-0.25, -0.2) is 0 Å². The lowest BCUT2D eigenvalue weighted by Gasteiger charge is -2.37. The molecule has 0 aliphatic heterocycles. The highest BCUT2D eigenvalue weighted by molar-refractivity contribution is 5.77. The zero-order valence-electron chi connectivity index (χ0n) is 43.2. The van der Waals surface area contributed by atoms with Gasteiger partial charge in [-0.1, -0.05) is 125 Å². The predicted molar refractivity (Wildman–Crippen MR) is 252 cm³/mol. The van der Waals surface area contributed by atoms with Crippen LogP contribution in [0.15, 0.2) is 0 Å². The van der Waals surface area contributed by atoms with Gasteiger partial charge in [-0.2, -0.15) is 0 Å². The summed E-state index contributed by atoms with van der Waals surface area (Å²) in [4.78, 5) is 46.4. The number of hydrogen-bond acceptors (Lipinski definition) is 8. The van der Waals surface area contributed by atoms with Crippen LogP contribution in [0, 0.1) is 21.7 Å². The summed E-state index contributed by atoms with van der Waals surface area (Å²) in [5.74, 6) is -0.686. The van der Waals surface area contributed by atoms with Crippen LogP contribution in [0.25, 0.3) is 0 Å². The topological polar surface area (TPSA) is 105 Å². The van der Waals surface area contributed by atoms with Crippen LogP contribution in [-0.4, -0.2) is 81.5 Å². The van der Waals surface area contributed by atoms with E-state index < -0.39 is 10.8 Å². The highest BCUT2D eigenvalue weighted by Gasteiger charge is 2.30. The number of rotatable bonds is 33. The van der Waals surface area contributed by atoms with Crippen LogP contribution >= 0.6 is 0 Å². The van der Waals surface area contributed by atoms with Crippen molar-refractivity contribution < 1.29 is 59.6 Å². The van der Waals surface area contributed by atoms with Crippen molar-refractivity contribution in [2.75, 3.05) is 53.1 Å². The van der Waals surface area contributed by atoms with E-state index in [2.05, 4.69) is 32.4 Å². The summed E-state index contributed by atoms with van der Waals surface area (Å²) in [5.41, 5.74) is -1.63. The molecule has 0 fully saturated rings. The molecule has 0 unspecified atom stereocenters. The fourth-order valence-electron chi connectivity index (χ4n) is 6.00. The zero-order chi connectivity index (χ0) is 46.7. The first-order chi connectivity index (χ1) is 28.1. The first-order valence-corrected chi connectivity index (χ1v) is 24.5. The Bertz CT molecular complexity index is 1070. The summed E-state index contributed by atoms with van der Waals surface area (Å²) in [7, 11) is 1.42. The molecule has 0 amide bonds. The average Bonchev–Trinajstić information content (AvgIpc) is 3.23. The fourth-order valence-corrected chi connectivity index (χ4v) is 6.00. The quantitative estimate of drug-likeness (QED) is 0.0277. The highest BCUT2D eigenvalue weighted by Crippen LogP contribution is 2.24. The Labute approximate surface area is 389 Å². The molecule has 9 nitrogen and oxygen atoms in total. The summed E-state index contributed by atoms with van der Waals surface area (Å²) in [6.07, 6.45) is 25.7. The molecule has 0 spiro atoms. The van der Waals surface area contributed by atoms with Crippen LogP contribution in [0.5, 0.6) is 0 Å². The lowest BCUT2D eigenvalue weighted by atomic mass is 9.90. The lowest BCUT2D eigenvalue weighted by Crippen LogP contribution is -3.00. The fraction of sp³-hybridized carbons (Fsp3) is 0.922. The van der Waals surface area contributed by atoms with Crippen molar-refractivity contribution in [1.82, 2.24) is 0 Å². The minimum absolute atomic E-state index is 0. The first kappa shape index (κ1) is 65.9. The summed E-state index contributed by atoms with van der Waals surface area (Å²) in [6, 6.07) is 0. The summed E-state index contributed by atoms with van der Waals surface area (Å²) in [6.45, 7) is 35.0. The summed E-state index contributed by atoms with van der Waals surface area (Å²) < 4.78 is 21.4. The third-order valence-electron chi connectivity index (χ3n) is 13.1. The molecule has 0 radical (unpaired) electrons. The molecule has 0 heterocycles. The number of halogens is 1. The number of hydrogen-bond donors (Lipinski definition) is 0. The van der Waals surface area contributed by atoms with Crippen LogP contribution < -0.4 is 17.0 Å². The summed E-state index contributed by atoms with van der Waals surface area (Å²) in [5, 5.41) is 0. The minimum atomic E-state index is -0.479. The number of ether oxygens (including phenoxy) is 4. The van der Waals surface area contributed by atoms with Crippen LogP contribution in [-0.2, 0) is 38.1 Å². The van der Waals surface area contributed by atoms with Gasteiger partial charge in [-0.05, 0) is 108 Å². The number of methoxy groups -OCH3 is 1. The Morgan fingerprint density at radius 1 is 0.377 bits per heavy atom. The van der Waals surface area contributed by atoms with E-state index in [1.54, 1.807) is 0 Å². The number of carbonyl (C=O) groups is 4. The Balaban J connectivity index is -0.000000482. The van der Waals surface area contributed by atoms with E-state index in [1.807, 2.05) is 76.2 Å². The summed E-state index contributed by atoms with van der Waals surface area (Å²) >= 11 is 0. The Morgan fingerprint density at radius 3 is 0.885 bits per heavy atom. The van der Waals surface area contributed by atoms with Gasteiger partial charge in [-0.15, -0.1) is 0 Å². The van der Waals surface area contributed by atoms with E-state index >= 15 is 0 Å². The maximum atomic E-state index is 12.2. The first-order valence-electron chi connectivity index (χ1n) is 24.5. The molecule has 0 aromatic carbocycles. The van der Waals surface area contributed by atoms with Crippen LogP contribution in [0.4, 0.5) is 0 Å². The molecule has 0 aliphatic rings. The Morgan fingerprint density at radius 2 is 0.639 bits per heavy atom. The molecule has 0 N–H and O–H groups in total. The van der Waals surface area contributed by atoms with E-state index in [0.717, 1.165) is 37.0 Å².